The van der Waals surface area contributed by atoms with Crippen molar-refractivity contribution in [3.8, 4) is 0 Å². The van der Waals surface area contributed by atoms with Gasteiger partial charge in [0.25, 0.3) is 0 Å². The smallest absolute Gasteiger partial charge is 0.308 e. The Morgan fingerprint density at radius 1 is 0.810 bits per heavy atom. The van der Waals surface area contributed by atoms with Crippen LogP contribution < -0.4 is 0 Å². The Morgan fingerprint density at radius 2 is 1.29 bits per heavy atom. The lowest BCUT2D eigenvalue weighted by Gasteiger charge is -2.23. The Morgan fingerprint density at radius 3 is 1.76 bits per heavy atom. The summed E-state index contributed by atoms with van der Waals surface area (Å²) in [6, 6.07) is 0. The second-order valence-corrected chi connectivity index (χ2v) is 8.60. The van der Waals surface area contributed by atoms with Crippen LogP contribution in [0.1, 0.15) is 85.0 Å². The molecular weight excluding hydrogens is 307 g/mol. The van der Waals surface area contributed by atoms with E-state index in [0.717, 1.165) is 38.5 Å². The zero-order valence-electron chi connectivity index (χ0n) is 14.1. The predicted molar refractivity (Wildman–Crippen MR) is 92.3 cm³/mol. The molecule has 0 saturated carbocycles. The minimum atomic E-state index is -3.16. The molecule has 0 aliphatic carbocycles. The molecule has 0 aromatic heterocycles. The Balaban J connectivity index is 4.23. The summed E-state index contributed by atoms with van der Waals surface area (Å²) in [6.07, 6.45) is 10.3. The highest BCUT2D eigenvalue weighted by Crippen LogP contribution is 2.56. The molecule has 0 amide bonds. The second-order valence-electron chi connectivity index (χ2n) is 5.55. The van der Waals surface area contributed by atoms with Crippen molar-refractivity contribution in [1.29, 1.82) is 0 Å². The van der Waals surface area contributed by atoms with Gasteiger partial charge in [-0.15, -0.1) is 11.6 Å². The topological polar surface area (TPSA) is 35.5 Å². The summed E-state index contributed by atoms with van der Waals surface area (Å²) in [5.74, 6) is 0. The highest BCUT2D eigenvalue weighted by Gasteiger charge is 2.33. The van der Waals surface area contributed by atoms with Crippen LogP contribution in [-0.4, -0.2) is 18.3 Å². The molecule has 0 fully saturated rings. The van der Waals surface area contributed by atoms with Crippen molar-refractivity contribution in [3.63, 3.8) is 0 Å². The third kappa shape index (κ3) is 10.7. The Bertz CT molecular complexity index is 260. The van der Waals surface area contributed by atoms with Gasteiger partial charge < -0.3 is 9.05 Å². The third-order valence-electron chi connectivity index (χ3n) is 3.43. The zero-order chi connectivity index (χ0) is 16.0. The zero-order valence-corrected chi connectivity index (χ0v) is 15.8. The lowest BCUT2D eigenvalue weighted by molar-refractivity contribution is 0.196. The van der Waals surface area contributed by atoms with Crippen molar-refractivity contribution in [3.05, 3.63) is 0 Å². The fourth-order valence-electron chi connectivity index (χ4n) is 1.95. The standard InChI is InChI=1S/C16H34ClO3P/c1-4-7-10-11-12-13-16(17)21(18,19-14-8-5-2)20-15-9-6-3/h16H,4-15H2,1-3H3. The summed E-state index contributed by atoms with van der Waals surface area (Å²) >= 11 is 6.35. The molecular formula is C16H34ClO3P. The van der Waals surface area contributed by atoms with Gasteiger partial charge in [0.2, 0.25) is 0 Å². The van der Waals surface area contributed by atoms with Crippen LogP contribution in [0.4, 0.5) is 0 Å². The van der Waals surface area contributed by atoms with E-state index in [1.165, 1.54) is 19.3 Å². The van der Waals surface area contributed by atoms with Gasteiger partial charge in [-0.1, -0.05) is 65.7 Å². The lowest BCUT2D eigenvalue weighted by atomic mass is 10.1. The van der Waals surface area contributed by atoms with Crippen molar-refractivity contribution in [2.75, 3.05) is 13.2 Å². The molecule has 0 aromatic rings. The van der Waals surface area contributed by atoms with Crippen molar-refractivity contribution < 1.29 is 13.6 Å². The Hall–Kier alpha value is 0.440. The minimum absolute atomic E-state index is 0.471. The number of hydrogen-bond acceptors (Lipinski definition) is 3. The maximum atomic E-state index is 12.8. The highest BCUT2D eigenvalue weighted by atomic mass is 35.5. The van der Waals surface area contributed by atoms with Gasteiger partial charge in [-0.3, -0.25) is 4.57 Å². The summed E-state index contributed by atoms with van der Waals surface area (Å²) in [5.41, 5.74) is 0. The average Bonchev–Trinajstić information content (AvgIpc) is 2.47. The van der Waals surface area contributed by atoms with Crippen molar-refractivity contribution in [2.24, 2.45) is 0 Å². The van der Waals surface area contributed by atoms with Crippen LogP contribution >= 0.6 is 19.2 Å². The van der Waals surface area contributed by atoms with Gasteiger partial charge in [-0.05, 0) is 19.3 Å². The SMILES string of the molecule is CCCCCCCC(Cl)P(=O)(OCCCC)OCCCC. The maximum absolute atomic E-state index is 12.8. The molecule has 0 bridgehead atoms. The summed E-state index contributed by atoms with van der Waals surface area (Å²) in [4.78, 5) is 0. The predicted octanol–water partition coefficient (Wildman–Crippen LogP) is 6.74. The molecule has 0 N–H and O–H groups in total. The second kappa shape index (κ2) is 14.1. The Labute approximate surface area is 136 Å². The van der Waals surface area contributed by atoms with Crippen molar-refractivity contribution >= 4 is 19.2 Å². The summed E-state index contributed by atoms with van der Waals surface area (Å²) in [6.45, 7) is 7.30. The van der Waals surface area contributed by atoms with E-state index >= 15 is 0 Å². The molecule has 1 unspecified atom stereocenters. The van der Waals surface area contributed by atoms with Crippen LogP contribution in [-0.2, 0) is 13.6 Å². The van der Waals surface area contributed by atoms with E-state index in [2.05, 4.69) is 20.8 Å². The minimum Gasteiger partial charge on any atom is -0.308 e. The molecule has 0 aliphatic heterocycles. The fourth-order valence-corrected chi connectivity index (χ4v) is 4.10. The van der Waals surface area contributed by atoms with E-state index in [9.17, 15) is 4.57 Å². The molecule has 3 nitrogen and oxygen atoms in total. The average molecular weight is 341 g/mol. The summed E-state index contributed by atoms with van der Waals surface area (Å²) in [7, 11) is -3.16. The van der Waals surface area contributed by atoms with Gasteiger partial charge in [0, 0.05) is 0 Å². The van der Waals surface area contributed by atoms with Gasteiger partial charge in [0.1, 0.15) is 5.12 Å². The van der Waals surface area contributed by atoms with Gasteiger partial charge >= 0.3 is 7.60 Å². The largest absolute Gasteiger partial charge is 0.348 e. The van der Waals surface area contributed by atoms with Crippen LogP contribution in [0.2, 0.25) is 0 Å². The molecule has 1 atom stereocenters. The lowest BCUT2D eigenvalue weighted by Crippen LogP contribution is -2.09. The van der Waals surface area contributed by atoms with E-state index in [1.54, 1.807) is 0 Å². The van der Waals surface area contributed by atoms with Crippen LogP contribution in [0.5, 0.6) is 0 Å². The first-order valence-electron chi connectivity index (χ1n) is 8.63. The third-order valence-corrected chi connectivity index (χ3v) is 6.39. The first-order valence-corrected chi connectivity index (χ1v) is 10.7. The van der Waals surface area contributed by atoms with Crippen molar-refractivity contribution in [2.45, 2.75) is 90.1 Å². The molecule has 21 heavy (non-hydrogen) atoms. The number of rotatable bonds is 15. The number of halogens is 1. The summed E-state index contributed by atoms with van der Waals surface area (Å²) in [5, 5.41) is -0.507. The maximum Gasteiger partial charge on any atom is 0.348 e. The molecule has 0 heterocycles. The monoisotopic (exact) mass is 340 g/mol. The first kappa shape index (κ1) is 21.4. The quantitative estimate of drug-likeness (QED) is 0.188. The molecule has 0 aliphatic rings. The highest BCUT2D eigenvalue weighted by molar-refractivity contribution is 7.56. The van der Waals surface area contributed by atoms with E-state index in [4.69, 9.17) is 20.6 Å². The van der Waals surface area contributed by atoms with Gasteiger partial charge in [-0.25, -0.2) is 0 Å². The van der Waals surface area contributed by atoms with Crippen LogP contribution in [0, 0.1) is 0 Å². The van der Waals surface area contributed by atoms with Crippen LogP contribution in [0.15, 0.2) is 0 Å². The first-order chi connectivity index (χ1) is 10.1. The molecule has 0 rings (SSSR count). The van der Waals surface area contributed by atoms with Crippen LogP contribution in [0.3, 0.4) is 0 Å². The van der Waals surface area contributed by atoms with E-state index in [1.807, 2.05) is 0 Å². The molecule has 0 radical (unpaired) electrons. The number of unbranched alkanes of at least 4 members (excludes halogenated alkanes) is 6. The number of hydrogen-bond donors (Lipinski definition) is 0. The van der Waals surface area contributed by atoms with Gasteiger partial charge in [0.15, 0.2) is 0 Å². The molecule has 128 valence electrons. The molecule has 5 heteroatoms. The summed E-state index contributed by atoms with van der Waals surface area (Å²) < 4.78 is 23.9. The normalized spacial score (nSPS) is 13.5. The van der Waals surface area contributed by atoms with Crippen LogP contribution in [0.25, 0.3) is 0 Å². The Kier molecular flexibility index (Phi) is 14.4. The fraction of sp³-hybridized carbons (Fsp3) is 1.00. The molecule has 0 spiro atoms. The van der Waals surface area contributed by atoms with E-state index in [-0.39, 0.29) is 0 Å². The van der Waals surface area contributed by atoms with Gasteiger partial charge in [-0.2, -0.15) is 0 Å². The molecule has 0 saturated heterocycles. The van der Waals surface area contributed by atoms with E-state index < -0.39 is 12.7 Å². The molecule has 0 aromatic carbocycles. The van der Waals surface area contributed by atoms with E-state index in [0.29, 0.717) is 19.6 Å². The van der Waals surface area contributed by atoms with Crippen molar-refractivity contribution in [1.82, 2.24) is 0 Å². The van der Waals surface area contributed by atoms with Gasteiger partial charge in [0.05, 0.1) is 13.2 Å². The number of alkyl halides is 1.